The molecule has 0 aliphatic carbocycles. The van der Waals surface area contributed by atoms with Gasteiger partial charge in [-0.05, 0) is 13.8 Å². The number of β-lactam (4-membered cyclic amide) rings is 1. The van der Waals surface area contributed by atoms with E-state index in [9.17, 15) is 14.7 Å². The second kappa shape index (κ2) is 3.44. The van der Waals surface area contributed by atoms with Crippen molar-refractivity contribution in [3.05, 3.63) is 11.6 Å². The van der Waals surface area contributed by atoms with Crippen molar-refractivity contribution in [3.63, 3.8) is 0 Å². The maximum Gasteiger partial charge on any atom is 0.327 e. The van der Waals surface area contributed by atoms with Crippen LogP contribution in [0.3, 0.4) is 0 Å². The van der Waals surface area contributed by atoms with Crippen molar-refractivity contribution in [1.29, 1.82) is 5.26 Å². The summed E-state index contributed by atoms with van der Waals surface area (Å²) in [5, 5.41) is 17.5. The lowest BCUT2D eigenvalue weighted by atomic mass is 9.96. The monoisotopic (exact) mass is 252 g/mol. The van der Waals surface area contributed by atoms with Crippen LogP contribution in [0.5, 0.6) is 0 Å². The summed E-state index contributed by atoms with van der Waals surface area (Å²) in [6.07, 6.45) is 1.20. The Kier molecular flexibility index (Phi) is 2.40. The number of carboxylic acid groups (broad SMARTS) is 1. The molecule has 90 valence electrons. The fourth-order valence-electron chi connectivity index (χ4n) is 2.37. The highest BCUT2D eigenvalue weighted by Crippen LogP contribution is 2.56. The third-order valence-electron chi connectivity index (χ3n) is 3.34. The third-order valence-corrected chi connectivity index (χ3v) is 5.93. The Balaban J connectivity index is 2.49. The number of aliphatic carboxylic acids is 1. The lowest BCUT2D eigenvalue weighted by molar-refractivity contribution is -0.152. The topological polar surface area (TPSA) is 81.4 Å². The molecule has 0 radical (unpaired) electrons. The summed E-state index contributed by atoms with van der Waals surface area (Å²) in [5.41, 5.74) is 0.391. The number of fused-ring (bicyclic) bond motifs is 1. The van der Waals surface area contributed by atoms with Gasteiger partial charge in [0, 0.05) is 10.8 Å². The highest BCUT2D eigenvalue weighted by atomic mass is 32.2. The van der Waals surface area contributed by atoms with E-state index in [-0.39, 0.29) is 11.3 Å². The van der Waals surface area contributed by atoms with E-state index >= 15 is 0 Å². The predicted molar refractivity (Wildman–Crippen MR) is 64.5 cm³/mol. The van der Waals surface area contributed by atoms with E-state index in [2.05, 4.69) is 5.87 Å². The molecule has 0 aromatic carbocycles. The van der Waals surface area contributed by atoms with Gasteiger partial charge in [-0.15, -0.1) is 0 Å². The maximum atomic E-state index is 11.8. The zero-order valence-electron chi connectivity index (χ0n) is 9.51. The van der Waals surface area contributed by atoms with E-state index in [4.69, 9.17) is 5.26 Å². The van der Waals surface area contributed by atoms with Gasteiger partial charge in [0.05, 0.1) is 11.6 Å². The first kappa shape index (κ1) is 11.9. The van der Waals surface area contributed by atoms with Gasteiger partial charge in [-0.2, -0.15) is 15.7 Å². The van der Waals surface area contributed by atoms with Crippen LogP contribution in [-0.2, 0) is 9.59 Å². The number of nitriles is 1. The highest BCUT2D eigenvalue weighted by Gasteiger charge is 2.62. The molecule has 0 saturated carbocycles. The number of carbonyl (C=O) groups is 2. The molecule has 2 heterocycles. The lowest BCUT2D eigenvalue weighted by Gasteiger charge is -2.39. The summed E-state index contributed by atoms with van der Waals surface area (Å²) in [6, 6.07) is 0.974. The zero-order valence-corrected chi connectivity index (χ0v) is 10.3. The van der Waals surface area contributed by atoms with Crippen LogP contribution < -0.4 is 0 Å². The van der Waals surface area contributed by atoms with Gasteiger partial charge in [-0.3, -0.25) is 4.79 Å². The molecule has 2 rings (SSSR count). The van der Waals surface area contributed by atoms with Crippen LogP contribution in [0.1, 0.15) is 13.8 Å². The van der Waals surface area contributed by atoms with E-state index in [1.54, 1.807) is 13.8 Å². The van der Waals surface area contributed by atoms with Crippen molar-refractivity contribution in [1.82, 2.24) is 4.90 Å². The van der Waals surface area contributed by atoms with Gasteiger partial charge in [0.2, 0.25) is 0 Å². The van der Waals surface area contributed by atoms with Crippen molar-refractivity contribution >= 4 is 28.2 Å². The average Bonchev–Trinajstić information content (AvgIpc) is 2.42. The Hall–Kier alpha value is -1.61. The van der Waals surface area contributed by atoms with Crippen LogP contribution in [0.15, 0.2) is 11.6 Å². The zero-order chi connectivity index (χ0) is 13.0. The molecule has 0 aromatic rings. The normalized spacial score (nSPS) is 36.3. The fraction of sp³-hybridized carbons (Fsp3) is 0.455. The summed E-state index contributed by atoms with van der Waals surface area (Å²) in [7, 11) is -0.519. The second-order valence-electron chi connectivity index (χ2n) is 4.57. The first-order valence-corrected chi connectivity index (χ1v) is 6.47. The maximum absolute atomic E-state index is 11.8. The fourth-order valence-corrected chi connectivity index (χ4v) is 4.42. The van der Waals surface area contributed by atoms with Crippen LogP contribution >= 0.6 is 10.5 Å². The number of hydrogen-bond donors (Lipinski definition) is 1. The van der Waals surface area contributed by atoms with Crippen molar-refractivity contribution < 1.29 is 14.7 Å². The number of nitrogens with zero attached hydrogens (tertiary/aromatic N) is 2. The Morgan fingerprint density at radius 3 is 2.76 bits per heavy atom. The quantitative estimate of drug-likeness (QED) is 0.320. The van der Waals surface area contributed by atoms with Gasteiger partial charge in [0.1, 0.15) is 11.4 Å². The molecule has 1 amide bonds. The molecule has 5 nitrogen and oxygen atoms in total. The molecule has 17 heavy (non-hydrogen) atoms. The molecule has 2 saturated heterocycles. The Morgan fingerprint density at radius 2 is 2.29 bits per heavy atom. The number of carbonyl (C=O) groups excluding carboxylic acids is 1. The largest absolute Gasteiger partial charge is 0.480 e. The Bertz CT molecular complexity index is 515. The van der Waals surface area contributed by atoms with Crippen LogP contribution in [0.4, 0.5) is 0 Å². The van der Waals surface area contributed by atoms with E-state index in [1.807, 2.05) is 6.07 Å². The third kappa shape index (κ3) is 1.29. The first-order chi connectivity index (χ1) is 7.84. The van der Waals surface area contributed by atoms with Gasteiger partial charge in [-0.1, -0.05) is 5.87 Å². The highest BCUT2D eigenvalue weighted by molar-refractivity contribution is 8.16. The minimum absolute atomic E-state index is 0.307. The predicted octanol–water partition coefficient (Wildman–Crippen LogP) is 0.551. The van der Waals surface area contributed by atoms with Gasteiger partial charge in [0.15, 0.2) is 0 Å². The number of rotatable bonds is 1. The van der Waals surface area contributed by atoms with E-state index < -0.39 is 27.2 Å². The smallest absolute Gasteiger partial charge is 0.327 e. The molecule has 0 bridgehead atoms. The van der Waals surface area contributed by atoms with Crippen molar-refractivity contribution in [2.24, 2.45) is 0 Å². The number of allylic oxidation sites excluding steroid dienone is 1. The number of hydrogen-bond acceptors (Lipinski definition) is 3. The standard InChI is InChI=1S/C11H12N2O3S/c1-11(2)7(10(15)16)13-8(14)6(4-5-12)9(13)17(11)3/h4,7,9H,3H2,1-2H3,(H,15,16)/b6-4+/t7-,9+,17?/m0/s1. The summed E-state index contributed by atoms with van der Waals surface area (Å²) in [4.78, 5) is 24.4. The average molecular weight is 252 g/mol. The van der Waals surface area contributed by atoms with E-state index in [0.717, 1.165) is 0 Å². The Morgan fingerprint density at radius 1 is 1.71 bits per heavy atom. The number of amides is 1. The summed E-state index contributed by atoms with van der Waals surface area (Å²) in [6.45, 7) is 3.61. The van der Waals surface area contributed by atoms with E-state index in [1.165, 1.54) is 11.0 Å². The van der Waals surface area contributed by atoms with E-state index in [0.29, 0.717) is 5.57 Å². The SMILES string of the molecule is C=S1[C@@H]2/C(=C/C#N)C(=O)N2[C@@H](C(=O)O)C1(C)C. The van der Waals surface area contributed by atoms with Gasteiger partial charge >= 0.3 is 5.97 Å². The lowest BCUT2D eigenvalue weighted by Crippen LogP contribution is -2.58. The van der Waals surface area contributed by atoms with Gasteiger partial charge < -0.3 is 10.0 Å². The van der Waals surface area contributed by atoms with Crippen LogP contribution in [-0.4, -0.2) is 43.9 Å². The van der Waals surface area contributed by atoms with Crippen LogP contribution in [0, 0.1) is 11.3 Å². The first-order valence-electron chi connectivity index (χ1n) is 5.02. The summed E-state index contributed by atoms with van der Waals surface area (Å²) in [5.74, 6) is 2.63. The van der Waals surface area contributed by atoms with Crippen LogP contribution in [0.2, 0.25) is 0 Å². The molecule has 6 heteroatoms. The molecule has 0 spiro atoms. The van der Waals surface area contributed by atoms with Crippen molar-refractivity contribution in [2.75, 3.05) is 0 Å². The van der Waals surface area contributed by atoms with Gasteiger partial charge in [0.25, 0.3) is 5.91 Å². The molecule has 2 fully saturated rings. The number of carboxylic acids is 1. The molecule has 3 atom stereocenters. The molecule has 1 unspecified atom stereocenters. The minimum atomic E-state index is -1.01. The molecule has 1 N–H and O–H groups in total. The summed E-state index contributed by atoms with van der Waals surface area (Å²) >= 11 is 0. The van der Waals surface area contributed by atoms with Crippen LogP contribution in [0.25, 0.3) is 0 Å². The van der Waals surface area contributed by atoms with Crippen molar-refractivity contribution in [3.8, 4) is 6.07 Å². The molecule has 2 aliphatic heterocycles. The Labute approximate surface area is 101 Å². The van der Waals surface area contributed by atoms with Crippen molar-refractivity contribution in [2.45, 2.75) is 30.0 Å². The van der Waals surface area contributed by atoms with Gasteiger partial charge in [-0.25, -0.2) is 4.79 Å². The molecular weight excluding hydrogens is 240 g/mol. The molecular formula is C11H12N2O3S. The summed E-state index contributed by atoms with van der Waals surface area (Å²) < 4.78 is -0.572. The molecule has 0 aromatic heterocycles. The molecule has 2 aliphatic rings. The second-order valence-corrected chi connectivity index (χ2v) is 6.92. The minimum Gasteiger partial charge on any atom is -0.480 e.